The van der Waals surface area contributed by atoms with Crippen molar-refractivity contribution in [2.45, 2.75) is 6.18 Å². The van der Waals surface area contributed by atoms with Gasteiger partial charge in [0.1, 0.15) is 0 Å². The van der Waals surface area contributed by atoms with Crippen LogP contribution in [0, 0.1) is 10.1 Å². The SMILES string of the molecule is O=c1[nH]c2cc(C(F)(F)F)ccc2c(O)c([N+](=O)[O-])c1=O. The highest BCUT2D eigenvalue weighted by atomic mass is 19.4. The van der Waals surface area contributed by atoms with E-state index in [1.807, 2.05) is 0 Å². The molecule has 2 N–H and O–H groups in total. The first kappa shape index (κ1) is 14.5. The Hall–Kier alpha value is -2.91. The summed E-state index contributed by atoms with van der Waals surface area (Å²) >= 11 is 0. The first-order valence-corrected chi connectivity index (χ1v) is 5.28. The Labute approximate surface area is 112 Å². The lowest BCUT2D eigenvalue weighted by molar-refractivity contribution is -0.386. The van der Waals surface area contributed by atoms with Crippen LogP contribution in [0.15, 0.2) is 27.8 Å². The molecular formula is C11H5F3N2O5. The molecular weight excluding hydrogens is 297 g/mol. The molecule has 2 aromatic rings. The van der Waals surface area contributed by atoms with Gasteiger partial charge < -0.3 is 10.1 Å². The number of nitrogens with zero attached hydrogens (tertiary/aromatic N) is 1. The van der Waals surface area contributed by atoms with Crippen LogP contribution in [0.1, 0.15) is 5.56 Å². The summed E-state index contributed by atoms with van der Waals surface area (Å²) in [5.74, 6) is -1.17. The first-order valence-electron chi connectivity index (χ1n) is 5.28. The number of hydrogen-bond donors (Lipinski definition) is 2. The predicted octanol–water partition coefficient (Wildman–Crippen LogP) is 1.52. The molecule has 0 spiro atoms. The van der Waals surface area contributed by atoms with Crippen LogP contribution in [0.25, 0.3) is 10.9 Å². The summed E-state index contributed by atoms with van der Waals surface area (Å²) in [6.45, 7) is 0. The van der Waals surface area contributed by atoms with Gasteiger partial charge in [-0.2, -0.15) is 13.2 Å². The zero-order valence-corrected chi connectivity index (χ0v) is 9.89. The van der Waals surface area contributed by atoms with Crippen molar-refractivity contribution in [1.29, 1.82) is 0 Å². The number of alkyl halides is 3. The number of H-pyrrole nitrogens is 1. The number of aromatic hydroxyl groups is 1. The van der Waals surface area contributed by atoms with E-state index in [-0.39, 0.29) is 0 Å². The van der Waals surface area contributed by atoms with E-state index < -0.39 is 50.0 Å². The monoisotopic (exact) mass is 302 g/mol. The lowest BCUT2D eigenvalue weighted by Gasteiger charge is -2.06. The van der Waals surface area contributed by atoms with Crippen LogP contribution < -0.4 is 11.0 Å². The number of benzene rings is 1. The minimum Gasteiger partial charge on any atom is -0.502 e. The predicted molar refractivity (Wildman–Crippen MR) is 64.2 cm³/mol. The molecule has 0 aliphatic heterocycles. The molecule has 1 heterocycles. The Balaban J connectivity index is 3.02. The van der Waals surface area contributed by atoms with Crippen molar-refractivity contribution in [3.63, 3.8) is 0 Å². The fourth-order valence-corrected chi connectivity index (χ4v) is 1.72. The zero-order chi connectivity index (χ0) is 15.9. The Morgan fingerprint density at radius 2 is 1.86 bits per heavy atom. The van der Waals surface area contributed by atoms with Gasteiger partial charge in [-0.05, 0) is 18.2 Å². The van der Waals surface area contributed by atoms with Crippen molar-refractivity contribution in [1.82, 2.24) is 4.98 Å². The van der Waals surface area contributed by atoms with Crippen molar-refractivity contribution in [3.05, 3.63) is 54.5 Å². The largest absolute Gasteiger partial charge is 0.502 e. The molecule has 0 atom stereocenters. The molecule has 21 heavy (non-hydrogen) atoms. The van der Waals surface area contributed by atoms with Gasteiger partial charge in [0.05, 0.1) is 16.0 Å². The van der Waals surface area contributed by atoms with Gasteiger partial charge in [0.25, 0.3) is 0 Å². The van der Waals surface area contributed by atoms with Crippen molar-refractivity contribution < 1.29 is 23.2 Å². The molecule has 0 radical (unpaired) electrons. The molecule has 2 rings (SSSR count). The van der Waals surface area contributed by atoms with Gasteiger partial charge in [0, 0.05) is 5.39 Å². The van der Waals surface area contributed by atoms with E-state index in [2.05, 4.69) is 0 Å². The van der Waals surface area contributed by atoms with E-state index in [4.69, 9.17) is 0 Å². The lowest BCUT2D eigenvalue weighted by atomic mass is 10.1. The van der Waals surface area contributed by atoms with Crippen LogP contribution in [-0.2, 0) is 6.18 Å². The molecule has 0 amide bonds. The summed E-state index contributed by atoms with van der Waals surface area (Å²) in [6.07, 6.45) is -4.72. The van der Waals surface area contributed by atoms with Gasteiger partial charge in [-0.1, -0.05) is 0 Å². The summed E-state index contributed by atoms with van der Waals surface area (Å²) in [7, 11) is 0. The summed E-state index contributed by atoms with van der Waals surface area (Å²) < 4.78 is 37.7. The van der Waals surface area contributed by atoms with Crippen molar-refractivity contribution in [2.24, 2.45) is 0 Å². The van der Waals surface area contributed by atoms with Crippen molar-refractivity contribution in [3.8, 4) is 5.75 Å². The van der Waals surface area contributed by atoms with Gasteiger partial charge in [0.15, 0.2) is 0 Å². The Morgan fingerprint density at radius 1 is 1.24 bits per heavy atom. The second kappa shape index (κ2) is 4.58. The molecule has 0 fully saturated rings. The molecule has 0 saturated carbocycles. The quantitative estimate of drug-likeness (QED) is 0.471. The number of fused-ring (bicyclic) bond motifs is 1. The fraction of sp³-hybridized carbons (Fsp3) is 0.0909. The maximum Gasteiger partial charge on any atom is 0.416 e. The normalized spacial score (nSPS) is 11.6. The molecule has 110 valence electrons. The maximum absolute atomic E-state index is 12.6. The Kier molecular flexibility index (Phi) is 3.16. The highest BCUT2D eigenvalue weighted by molar-refractivity contribution is 5.87. The number of nitro groups is 1. The van der Waals surface area contributed by atoms with Crippen LogP contribution in [0.5, 0.6) is 5.75 Å². The standard InChI is InChI=1S/C11H5F3N2O5/c12-11(13,14)4-1-2-5-6(3-4)15-10(19)9(18)7(8(5)17)16(20)21/h1-3,17H,(H,15,18,19). The molecule has 0 unspecified atom stereocenters. The van der Waals surface area contributed by atoms with Crippen LogP contribution in [0.4, 0.5) is 18.9 Å². The molecule has 1 aromatic heterocycles. The maximum atomic E-state index is 12.6. The number of hydrogen-bond acceptors (Lipinski definition) is 5. The third-order valence-electron chi connectivity index (χ3n) is 2.68. The summed E-state index contributed by atoms with van der Waals surface area (Å²) in [5, 5.41) is 20.0. The van der Waals surface area contributed by atoms with Crippen LogP contribution >= 0.6 is 0 Å². The molecule has 0 aliphatic carbocycles. The molecule has 0 saturated heterocycles. The van der Waals surface area contributed by atoms with E-state index in [1.54, 1.807) is 4.98 Å². The molecule has 0 aliphatic rings. The second-order valence-electron chi connectivity index (χ2n) is 4.00. The summed E-state index contributed by atoms with van der Waals surface area (Å²) in [4.78, 5) is 34.1. The average Bonchev–Trinajstić information content (AvgIpc) is 2.44. The highest BCUT2D eigenvalue weighted by Crippen LogP contribution is 2.34. The molecule has 10 heteroatoms. The first-order chi connectivity index (χ1) is 9.62. The van der Waals surface area contributed by atoms with E-state index in [0.717, 1.165) is 6.07 Å². The number of rotatable bonds is 1. The van der Waals surface area contributed by atoms with Gasteiger partial charge >= 0.3 is 22.9 Å². The third kappa shape index (κ3) is 2.42. The van der Waals surface area contributed by atoms with E-state index >= 15 is 0 Å². The lowest BCUT2D eigenvalue weighted by Crippen LogP contribution is -2.25. The molecule has 7 nitrogen and oxygen atoms in total. The number of aromatic amines is 1. The minimum absolute atomic E-state index is 0.450. The topological polar surface area (TPSA) is 113 Å². The minimum atomic E-state index is -4.72. The van der Waals surface area contributed by atoms with Crippen LogP contribution in [-0.4, -0.2) is 15.0 Å². The smallest absolute Gasteiger partial charge is 0.416 e. The van der Waals surface area contributed by atoms with E-state index in [0.29, 0.717) is 12.1 Å². The van der Waals surface area contributed by atoms with Crippen LogP contribution in [0.3, 0.4) is 0 Å². The number of nitrogens with one attached hydrogen (secondary N) is 1. The summed E-state index contributed by atoms with van der Waals surface area (Å²) in [6, 6.07) is 1.77. The van der Waals surface area contributed by atoms with Gasteiger partial charge in [-0.25, -0.2) is 0 Å². The Bertz CT molecular complexity index is 872. The third-order valence-corrected chi connectivity index (χ3v) is 2.68. The average molecular weight is 302 g/mol. The van der Waals surface area contributed by atoms with E-state index in [1.165, 1.54) is 0 Å². The van der Waals surface area contributed by atoms with E-state index in [9.17, 15) is 38.0 Å². The van der Waals surface area contributed by atoms with Crippen molar-refractivity contribution >= 4 is 16.6 Å². The summed E-state index contributed by atoms with van der Waals surface area (Å²) in [5.41, 5.74) is -6.25. The van der Waals surface area contributed by atoms with Crippen molar-refractivity contribution in [2.75, 3.05) is 0 Å². The second-order valence-corrected chi connectivity index (χ2v) is 4.00. The zero-order valence-electron chi connectivity index (χ0n) is 9.89. The van der Waals surface area contributed by atoms with Gasteiger partial charge in [-0.15, -0.1) is 0 Å². The van der Waals surface area contributed by atoms with Crippen LogP contribution in [0.2, 0.25) is 0 Å². The Morgan fingerprint density at radius 3 is 2.38 bits per heavy atom. The fourth-order valence-electron chi connectivity index (χ4n) is 1.72. The number of aromatic nitrogens is 1. The van der Waals surface area contributed by atoms with Gasteiger partial charge in [-0.3, -0.25) is 19.7 Å². The number of halogens is 3. The highest BCUT2D eigenvalue weighted by Gasteiger charge is 2.31. The molecule has 1 aromatic carbocycles. The molecule has 0 bridgehead atoms. The van der Waals surface area contributed by atoms with Gasteiger partial charge in [0.2, 0.25) is 5.75 Å².